The summed E-state index contributed by atoms with van der Waals surface area (Å²) in [5.74, 6) is 0.678. The number of nitrogens with zero attached hydrogens (tertiary/aromatic N) is 3. The highest BCUT2D eigenvalue weighted by atomic mass is 79.9. The number of nitrogens with one attached hydrogen (secondary N) is 1. The quantitative estimate of drug-likeness (QED) is 0.897. The number of hydrogen-bond donors (Lipinski definition) is 1. The molecule has 0 fully saturated rings. The second kappa shape index (κ2) is 5.51. The van der Waals surface area contributed by atoms with Crippen molar-refractivity contribution in [3.63, 3.8) is 0 Å². The lowest BCUT2D eigenvalue weighted by molar-refractivity contribution is 0.400. The van der Waals surface area contributed by atoms with Gasteiger partial charge in [0.05, 0.1) is 10.9 Å². The largest absolute Gasteiger partial charge is 0.248 e. The second-order valence-corrected chi connectivity index (χ2v) is 7.67. The molecule has 1 N–H and O–H groups in total. The molecule has 6 nitrogen and oxygen atoms in total. The highest BCUT2D eigenvalue weighted by Gasteiger charge is 2.28. The fraction of sp³-hybridized carbons (Fsp3) is 0.385. The van der Waals surface area contributed by atoms with Crippen LogP contribution in [0.1, 0.15) is 30.3 Å². The number of rotatable bonds is 3. The van der Waals surface area contributed by atoms with Crippen LogP contribution >= 0.6 is 15.9 Å². The molecule has 0 saturated carbocycles. The number of aromatic nitrogens is 3. The van der Waals surface area contributed by atoms with E-state index in [1.807, 2.05) is 6.07 Å². The molecular formula is C13H15BrN4O2S. The smallest absolute Gasteiger partial charge is 0.241 e. The van der Waals surface area contributed by atoms with Crippen LogP contribution in [0.25, 0.3) is 0 Å². The van der Waals surface area contributed by atoms with Gasteiger partial charge in [0.25, 0.3) is 0 Å². The summed E-state index contributed by atoms with van der Waals surface area (Å²) in [6.45, 7) is 2.56. The third-order valence-corrected chi connectivity index (χ3v) is 5.66. The van der Waals surface area contributed by atoms with Gasteiger partial charge in [0.1, 0.15) is 12.2 Å². The van der Waals surface area contributed by atoms with Gasteiger partial charge in [0.15, 0.2) is 0 Å². The molecule has 3 rings (SSSR count). The summed E-state index contributed by atoms with van der Waals surface area (Å²) in [6, 6.07) is 4.89. The summed E-state index contributed by atoms with van der Waals surface area (Å²) in [7, 11) is -3.59. The van der Waals surface area contributed by atoms with Crippen molar-refractivity contribution in [2.45, 2.75) is 37.2 Å². The number of sulfonamides is 1. The highest BCUT2D eigenvalue weighted by Crippen LogP contribution is 2.26. The minimum Gasteiger partial charge on any atom is -0.248 e. The summed E-state index contributed by atoms with van der Waals surface area (Å²) >= 11 is 3.31. The first kappa shape index (κ1) is 14.7. The topological polar surface area (TPSA) is 76.9 Å². The number of halogens is 1. The molecule has 1 aliphatic rings. The van der Waals surface area contributed by atoms with Gasteiger partial charge in [0.2, 0.25) is 10.0 Å². The van der Waals surface area contributed by atoms with Gasteiger partial charge >= 0.3 is 0 Å². The van der Waals surface area contributed by atoms with Crippen LogP contribution in [0.5, 0.6) is 0 Å². The maximum absolute atomic E-state index is 12.6. The van der Waals surface area contributed by atoms with Gasteiger partial charge in [0, 0.05) is 11.0 Å². The highest BCUT2D eigenvalue weighted by molar-refractivity contribution is 9.10. The maximum atomic E-state index is 12.6. The van der Waals surface area contributed by atoms with E-state index >= 15 is 0 Å². The van der Waals surface area contributed by atoms with Crippen LogP contribution in [0.15, 0.2) is 33.9 Å². The number of benzene rings is 1. The lowest BCUT2D eigenvalue weighted by atomic mass is 10.1. The lowest BCUT2D eigenvalue weighted by Crippen LogP contribution is -2.33. The molecule has 21 heavy (non-hydrogen) atoms. The van der Waals surface area contributed by atoms with Crippen LogP contribution in [-0.4, -0.2) is 23.2 Å². The molecular weight excluding hydrogens is 356 g/mol. The minimum atomic E-state index is -3.59. The molecule has 2 aromatic rings. The normalized spacial score (nSPS) is 18.5. The van der Waals surface area contributed by atoms with Crippen LogP contribution in [0.2, 0.25) is 0 Å². The molecule has 0 aliphatic carbocycles. The first-order valence-corrected chi connectivity index (χ1v) is 8.91. The van der Waals surface area contributed by atoms with E-state index in [2.05, 4.69) is 30.7 Å². The third kappa shape index (κ3) is 2.88. The molecule has 0 bridgehead atoms. The van der Waals surface area contributed by atoms with E-state index < -0.39 is 10.0 Å². The molecule has 0 saturated heterocycles. The lowest BCUT2D eigenvalue weighted by Gasteiger charge is -2.23. The third-order valence-electron chi connectivity index (χ3n) is 3.56. The van der Waals surface area contributed by atoms with E-state index in [0.29, 0.717) is 11.4 Å². The Hall–Kier alpha value is -1.25. The van der Waals surface area contributed by atoms with Crippen LogP contribution in [0, 0.1) is 6.92 Å². The van der Waals surface area contributed by atoms with Gasteiger partial charge in [-0.15, -0.1) is 0 Å². The zero-order valence-electron chi connectivity index (χ0n) is 11.5. The van der Waals surface area contributed by atoms with E-state index in [4.69, 9.17) is 0 Å². The summed E-state index contributed by atoms with van der Waals surface area (Å²) in [5, 5.41) is 4.10. The average molecular weight is 371 g/mol. The Bertz CT molecular complexity index is 772. The van der Waals surface area contributed by atoms with Gasteiger partial charge in [-0.3, -0.25) is 0 Å². The van der Waals surface area contributed by atoms with E-state index in [9.17, 15) is 8.42 Å². The number of fused-ring (bicyclic) bond motifs is 1. The summed E-state index contributed by atoms with van der Waals surface area (Å²) in [5.41, 5.74) is 0.711. The molecule has 0 spiro atoms. The Morgan fingerprint density at radius 1 is 1.43 bits per heavy atom. The van der Waals surface area contributed by atoms with Crippen molar-refractivity contribution >= 4 is 26.0 Å². The van der Waals surface area contributed by atoms with Crippen molar-refractivity contribution in [1.82, 2.24) is 19.5 Å². The van der Waals surface area contributed by atoms with Gasteiger partial charge in [-0.25, -0.2) is 22.8 Å². The zero-order chi connectivity index (χ0) is 15.0. The Morgan fingerprint density at radius 2 is 2.24 bits per heavy atom. The monoisotopic (exact) mass is 370 g/mol. The van der Waals surface area contributed by atoms with Crippen LogP contribution in [0.3, 0.4) is 0 Å². The van der Waals surface area contributed by atoms with Crippen LogP contribution in [0.4, 0.5) is 0 Å². The Balaban J connectivity index is 1.93. The summed E-state index contributed by atoms with van der Waals surface area (Å²) in [4.78, 5) is 4.46. The van der Waals surface area contributed by atoms with Gasteiger partial charge in [-0.1, -0.05) is 22.0 Å². The molecule has 2 heterocycles. The fourth-order valence-electron chi connectivity index (χ4n) is 2.52. The molecule has 0 unspecified atom stereocenters. The summed E-state index contributed by atoms with van der Waals surface area (Å²) in [6.07, 6.45) is 3.07. The number of aryl methyl sites for hydroxylation is 2. The zero-order valence-corrected chi connectivity index (χ0v) is 13.9. The predicted octanol–water partition coefficient (Wildman–Crippen LogP) is 2.16. The van der Waals surface area contributed by atoms with Crippen LogP contribution < -0.4 is 4.72 Å². The van der Waals surface area contributed by atoms with Crippen molar-refractivity contribution in [1.29, 1.82) is 0 Å². The van der Waals surface area contributed by atoms with Gasteiger partial charge in [-0.2, -0.15) is 5.10 Å². The molecule has 1 aliphatic heterocycles. The minimum absolute atomic E-state index is 0.286. The molecule has 1 atom stereocenters. The Labute approximate surface area is 131 Å². The van der Waals surface area contributed by atoms with E-state index in [1.165, 1.54) is 6.33 Å². The molecule has 112 valence electrons. The molecule has 0 amide bonds. The first-order valence-electron chi connectivity index (χ1n) is 6.63. The predicted molar refractivity (Wildman–Crippen MR) is 81.2 cm³/mol. The van der Waals surface area contributed by atoms with Crippen molar-refractivity contribution in [2.75, 3.05) is 0 Å². The van der Waals surface area contributed by atoms with E-state index in [-0.39, 0.29) is 10.9 Å². The van der Waals surface area contributed by atoms with Crippen molar-refractivity contribution < 1.29 is 8.42 Å². The van der Waals surface area contributed by atoms with Crippen molar-refractivity contribution in [2.24, 2.45) is 0 Å². The summed E-state index contributed by atoms with van der Waals surface area (Å²) < 4.78 is 30.5. The SMILES string of the molecule is Cc1ccc(Br)cc1S(=O)(=O)N[C@@H]1CCCn2ncnc21. The standard InChI is InChI=1S/C13H15BrN4O2S/c1-9-4-5-10(14)7-12(9)21(19,20)17-11-3-2-6-18-13(11)15-8-16-18/h4-5,7-8,11,17H,2-3,6H2,1H3/t11-/m1/s1. The second-order valence-electron chi connectivity index (χ2n) is 5.07. The van der Waals surface area contributed by atoms with Gasteiger partial charge < -0.3 is 0 Å². The van der Waals surface area contributed by atoms with Crippen molar-refractivity contribution in [3.8, 4) is 0 Å². The van der Waals surface area contributed by atoms with Gasteiger partial charge in [-0.05, 0) is 37.5 Å². The van der Waals surface area contributed by atoms with Crippen LogP contribution in [-0.2, 0) is 16.6 Å². The van der Waals surface area contributed by atoms with Crippen molar-refractivity contribution in [3.05, 3.63) is 40.4 Å². The van der Waals surface area contributed by atoms with E-state index in [1.54, 1.807) is 23.7 Å². The Kier molecular flexibility index (Phi) is 3.85. The maximum Gasteiger partial charge on any atom is 0.241 e. The molecule has 8 heteroatoms. The molecule has 1 aromatic heterocycles. The van der Waals surface area contributed by atoms with E-state index in [0.717, 1.165) is 23.9 Å². The molecule has 0 radical (unpaired) electrons. The fourth-order valence-corrected chi connectivity index (χ4v) is 4.53. The first-order chi connectivity index (χ1) is 9.97. The number of hydrogen-bond acceptors (Lipinski definition) is 4. The molecule has 1 aromatic carbocycles. The Morgan fingerprint density at radius 3 is 3.05 bits per heavy atom. The average Bonchev–Trinajstić information content (AvgIpc) is 2.90.